The fraction of sp³-hybridized carbons (Fsp3) is 0.562. The molecule has 0 N–H and O–H groups in total. The van der Waals surface area contributed by atoms with E-state index in [2.05, 4.69) is 0 Å². The highest BCUT2D eigenvalue weighted by atomic mass is 19.4. The van der Waals surface area contributed by atoms with Crippen LogP contribution in [0.4, 0.5) is 13.2 Å². The van der Waals surface area contributed by atoms with Gasteiger partial charge in [0, 0.05) is 5.56 Å². The summed E-state index contributed by atoms with van der Waals surface area (Å²) in [5.74, 6) is -0.122. The number of halogens is 3. The van der Waals surface area contributed by atoms with Gasteiger partial charge in [-0.2, -0.15) is 13.2 Å². The summed E-state index contributed by atoms with van der Waals surface area (Å²) in [6, 6.07) is 3.31. The molecule has 5 heteroatoms. The van der Waals surface area contributed by atoms with E-state index in [1.54, 1.807) is 6.92 Å². The number of benzene rings is 1. The number of likely N-dealkylation sites (N-methyl/N-ethyl adjacent to an activating group) is 1. The molecular formula is C16H22F3NO. The van der Waals surface area contributed by atoms with E-state index in [0.717, 1.165) is 12.1 Å². The zero-order valence-corrected chi connectivity index (χ0v) is 13.1. The number of aryl methyl sites for hydroxylation is 1. The molecule has 0 atom stereocenters. The average Bonchev–Trinajstić information content (AvgIpc) is 2.39. The first-order valence-electron chi connectivity index (χ1n) is 7.00. The third-order valence-electron chi connectivity index (χ3n) is 4.25. The monoisotopic (exact) mass is 301 g/mol. The highest BCUT2D eigenvalue weighted by Gasteiger charge is 2.39. The molecule has 0 unspecified atom stereocenters. The summed E-state index contributed by atoms with van der Waals surface area (Å²) in [5.41, 5.74) is -0.673. The van der Waals surface area contributed by atoms with Gasteiger partial charge < -0.3 is 0 Å². The summed E-state index contributed by atoms with van der Waals surface area (Å²) in [7, 11) is 3.65. The number of alkyl halides is 3. The summed E-state index contributed by atoms with van der Waals surface area (Å²) < 4.78 is 38.1. The van der Waals surface area contributed by atoms with Crippen LogP contribution in [-0.2, 0) is 6.18 Å². The topological polar surface area (TPSA) is 20.3 Å². The molecule has 1 rings (SSSR count). The highest BCUT2D eigenvalue weighted by molar-refractivity contribution is 6.04. The third-order valence-corrected chi connectivity index (χ3v) is 4.25. The lowest BCUT2D eigenvalue weighted by Crippen LogP contribution is -2.50. The van der Waals surface area contributed by atoms with Crippen LogP contribution in [0.2, 0.25) is 0 Å². The van der Waals surface area contributed by atoms with Crippen LogP contribution in [-0.4, -0.2) is 30.3 Å². The second-order valence-corrected chi connectivity index (χ2v) is 5.49. The number of rotatable bonds is 5. The van der Waals surface area contributed by atoms with Crippen molar-refractivity contribution < 1.29 is 18.0 Å². The van der Waals surface area contributed by atoms with Gasteiger partial charge in [-0.05, 0) is 51.6 Å². The molecule has 1 aromatic carbocycles. The highest BCUT2D eigenvalue weighted by Crippen LogP contribution is 2.33. The molecule has 0 heterocycles. The zero-order chi connectivity index (χ0) is 16.4. The number of Topliss-reactive ketones (excluding diaryl/α,β-unsaturated/α-hetero) is 1. The van der Waals surface area contributed by atoms with Gasteiger partial charge >= 0.3 is 6.18 Å². The fourth-order valence-corrected chi connectivity index (χ4v) is 2.75. The number of carbonyl (C=O) groups excluding carboxylic acids is 1. The van der Waals surface area contributed by atoms with Crippen molar-refractivity contribution in [2.45, 2.75) is 45.3 Å². The van der Waals surface area contributed by atoms with E-state index in [-0.39, 0.29) is 5.78 Å². The van der Waals surface area contributed by atoms with Gasteiger partial charge in [-0.25, -0.2) is 0 Å². The standard InChI is InChI=1S/C16H22F3NO/c1-6-15(7-2,20(4)5)14(21)13-9-8-12(10-11(13)3)16(17,18)19/h8-10H,6-7H2,1-5H3. The maximum Gasteiger partial charge on any atom is 0.416 e. The Morgan fingerprint density at radius 3 is 2.00 bits per heavy atom. The Labute approximate surface area is 123 Å². The smallest absolute Gasteiger partial charge is 0.297 e. The molecule has 0 aliphatic rings. The number of hydrogen-bond donors (Lipinski definition) is 0. The Bertz CT molecular complexity index is 517. The Balaban J connectivity index is 3.31. The van der Waals surface area contributed by atoms with Crippen LogP contribution >= 0.6 is 0 Å². The van der Waals surface area contributed by atoms with E-state index in [1.165, 1.54) is 6.07 Å². The quantitative estimate of drug-likeness (QED) is 0.755. The Morgan fingerprint density at radius 1 is 1.14 bits per heavy atom. The van der Waals surface area contributed by atoms with E-state index in [4.69, 9.17) is 0 Å². The van der Waals surface area contributed by atoms with E-state index in [0.29, 0.717) is 24.0 Å². The number of carbonyl (C=O) groups is 1. The van der Waals surface area contributed by atoms with E-state index in [1.807, 2.05) is 32.8 Å². The van der Waals surface area contributed by atoms with E-state index >= 15 is 0 Å². The molecule has 0 aliphatic heterocycles. The van der Waals surface area contributed by atoms with Crippen LogP contribution in [0.25, 0.3) is 0 Å². The van der Waals surface area contributed by atoms with Crippen LogP contribution in [0.1, 0.15) is 48.2 Å². The minimum atomic E-state index is -4.39. The van der Waals surface area contributed by atoms with E-state index < -0.39 is 17.3 Å². The summed E-state index contributed by atoms with van der Waals surface area (Å²) in [6.45, 7) is 5.38. The molecule has 0 amide bonds. The Hall–Kier alpha value is -1.36. The van der Waals surface area contributed by atoms with Crippen molar-refractivity contribution in [1.29, 1.82) is 0 Å². The number of nitrogens with zero attached hydrogens (tertiary/aromatic N) is 1. The van der Waals surface area contributed by atoms with Crippen molar-refractivity contribution in [1.82, 2.24) is 4.90 Å². The Kier molecular flexibility index (Phi) is 5.20. The van der Waals surface area contributed by atoms with Gasteiger partial charge in [0.05, 0.1) is 11.1 Å². The van der Waals surface area contributed by atoms with Crippen molar-refractivity contribution >= 4 is 5.78 Å². The molecule has 0 aliphatic carbocycles. The maximum atomic E-state index is 12.8. The van der Waals surface area contributed by atoms with Crippen LogP contribution in [0.3, 0.4) is 0 Å². The van der Waals surface area contributed by atoms with Crippen LogP contribution in [0, 0.1) is 6.92 Å². The van der Waals surface area contributed by atoms with Crippen molar-refractivity contribution in [3.8, 4) is 0 Å². The SMILES string of the molecule is CCC(CC)(C(=O)c1ccc(C(F)(F)F)cc1C)N(C)C. The molecule has 0 radical (unpaired) electrons. The van der Waals surface area contributed by atoms with E-state index in [9.17, 15) is 18.0 Å². The zero-order valence-electron chi connectivity index (χ0n) is 13.1. The first-order chi connectivity index (χ1) is 9.60. The predicted octanol–water partition coefficient (Wildman–Crippen LogP) is 4.32. The molecule has 0 spiro atoms. The van der Waals surface area contributed by atoms with Crippen molar-refractivity contribution in [3.63, 3.8) is 0 Å². The van der Waals surface area contributed by atoms with Crippen molar-refractivity contribution in [2.24, 2.45) is 0 Å². The molecule has 0 fully saturated rings. The van der Waals surface area contributed by atoms with Gasteiger partial charge in [-0.3, -0.25) is 9.69 Å². The molecule has 118 valence electrons. The van der Waals surface area contributed by atoms with Gasteiger partial charge in [0.25, 0.3) is 0 Å². The third kappa shape index (κ3) is 3.28. The number of hydrogen-bond acceptors (Lipinski definition) is 2. The van der Waals surface area contributed by atoms with Gasteiger partial charge in [-0.15, -0.1) is 0 Å². The normalized spacial score (nSPS) is 12.8. The molecule has 0 saturated carbocycles. The van der Waals surface area contributed by atoms with Crippen LogP contribution in [0.5, 0.6) is 0 Å². The second kappa shape index (κ2) is 6.18. The Morgan fingerprint density at radius 2 is 1.67 bits per heavy atom. The minimum Gasteiger partial charge on any atom is -0.297 e. The molecule has 1 aromatic rings. The molecule has 0 aromatic heterocycles. The first-order valence-corrected chi connectivity index (χ1v) is 7.00. The maximum absolute atomic E-state index is 12.8. The molecule has 21 heavy (non-hydrogen) atoms. The van der Waals surface area contributed by atoms with Gasteiger partial charge in [0.2, 0.25) is 0 Å². The lowest BCUT2D eigenvalue weighted by molar-refractivity contribution is -0.137. The molecule has 2 nitrogen and oxygen atoms in total. The average molecular weight is 301 g/mol. The summed E-state index contributed by atoms with van der Waals surface area (Å²) in [5, 5.41) is 0. The van der Waals surface area contributed by atoms with Crippen LogP contribution < -0.4 is 0 Å². The predicted molar refractivity (Wildman–Crippen MR) is 77.5 cm³/mol. The largest absolute Gasteiger partial charge is 0.416 e. The van der Waals surface area contributed by atoms with Crippen molar-refractivity contribution in [3.05, 3.63) is 34.9 Å². The minimum absolute atomic E-state index is 0.122. The first kappa shape index (κ1) is 17.7. The fourth-order valence-electron chi connectivity index (χ4n) is 2.75. The molecule has 0 saturated heterocycles. The lowest BCUT2D eigenvalue weighted by atomic mass is 9.81. The molecular weight excluding hydrogens is 279 g/mol. The summed E-state index contributed by atoms with van der Waals surface area (Å²) in [6.07, 6.45) is -3.17. The summed E-state index contributed by atoms with van der Waals surface area (Å²) >= 11 is 0. The second-order valence-electron chi connectivity index (χ2n) is 5.49. The molecule has 0 bridgehead atoms. The van der Waals surface area contributed by atoms with Crippen molar-refractivity contribution in [2.75, 3.05) is 14.1 Å². The van der Waals surface area contributed by atoms with Gasteiger partial charge in [0.15, 0.2) is 5.78 Å². The van der Waals surface area contributed by atoms with Gasteiger partial charge in [-0.1, -0.05) is 19.9 Å². The lowest BCUT2D eigenvalue weighted by Gasteiger charge is -2.37. The van der Waals surface area contributed by atoms with Crippen LogP contribution in [0.15, 0.2) is 18.2 Å². The number of ketones is 1. The van der Waals surface area contributed by atoms with Gasteiger partial charge in [0.1, 0.15) is 0 Å². The summed E-state index contributed by atoms with van der Waals surface area (Å²) in [4.78, 5) is 14.7.